The van der Waals surface area contributed by atoms with Crippen molar-refractivity contribution in [3.63, 3.8) is 0 Å². The van der Waals surface area contributed by atoms with E-state index < -0.39 is 0 Å². The lowest BCUT2D eigenvalue weighted by Gasteiger charge is -2.37. The van der Waals surface area contributed by atoms with Crippen LogP contribution >= 0.6 is 15.9 Å². The van der Waals surface area contributed by atoms with E-state index in [0.717, 1.165) is 15.8 Å². The predicted octanol–water partition coefficient (Wildman–Crippen LogP) is 3.59. The van der Waals surface area contributed by atoms with Crippen molar-refractivity contribution in [2.24, 2.45) is 0 Å². The van der Waals surface area contributed by atoms with Gasteiger partial charge in [-0.05, 0) is 42.0 Å². The first-order chi connectivity index (χ1) is 13.0. The Balaban J connectivity index is 1.73. The Morgan fingerprint density at radius 3 is 2.44 bits per heavy atom. The lowest BCUT2D eigenvalue weighted by molar-refractivity contribution is -0.133. The molecule has 2 atom stereocenters. The Morgan fingerprint density at radius 1 is 1.15 bits per heavy atom. The third-order valence-electron chi connectivity index (χ3n) is 4.74. The number of urea groups is 1. The molecule has 2 N–H and O–H groups in total. The van der Waals surface area contributed by atoms with Crippen molar-refractivity contribution in [3.05, 3.63) is 58.6 Å². The van der Waals surface area contributed by atoms with Crippen molar-refractivity contribution in [1.82, 2.24) is 10.2 Å². The Kier molecular flexibility index (Phi) is 6.01. The van der Waals surface area contributed by atoms with E-state index in [9.17, 15) is 9.59 Å². The fourth-order valence-electron chi connectivity index (χ4n) is 3.22. The molecule has 3 amide bonds. The van der Waals surface area contributed by atoms with Crippen LogP contribution in [0.5, 0.6) is 5.75 Å². The summed E-state index contributed by atoms with van der Waals surface area (Å²) < 4.78 is 6.15. The molecule has 1 fully saturated rings. The van der Waals surface area contributed by atoms with Crippen molar-refractivity contribution in [3.8, 4) is 5.75 Å². The molecule has 0 saturated carbocycles. The summed E-state index contributed by atoms with van der Waals surface area (Å²) in [6, 6.07) is 14.5. The zero-order chi connectivity index (χ0) is 19.4. The van der Waals surface area contributed by atoms with E-state index in [0.29, 0.717) is 12.2 Å². The molecule has 142 valence electrons. The fraction of sp³-hybridized carbons (Fsp3) is 0.300. The van der Waals surface area contributed by atoms with Crippen molar-refractivity contribution in [2.75, 3.05) is 26.0 Å². The van der Waals surface area contributed by atoms with Gasteiger partial charge in [-0.1, -0.05) is 28.1 Å². The number of benzene rings is 2. The predicted molar refractivity (Wildman–Crippen MR) is 108 cm³/mol. The lowest BCUT2D eigenvalue weighted by Crippen LogP contribution is -2.51. The third kappa shape index (κ3) is 4.80. The number of likely N-dealkylation sites (tertiary alicyclic amines) is 1. The second-order valence-electron chi connectivity index (χ2n) is 6.57. The molecule has 7 heteroatoms. The van der Waals surface area contributed by atoms with Gasteiger partial charge in [-0.3, -0.25) is 4.79 Å². The van der Waals surface area contributed by atoms with E-state index in [1.54, 1.807) is 19.1 Å². The number of nitrogens with zero attached hydrogens (tertiary/aromatic N) is 1. The van der Waals surface area contributed by atoms with Crippen molar-refractivity contribution in [2.45, 2.75) is 18.4 Å². The van der Waals surface area contributed by atoms with Crippen molar-refractivity contribution >= 4 is 33.6 Å². The molecule has 0 radical (unpaired) electrons. The number of ether oxygens (including phenoxy) is 1. The van der Waals surface area contributed by atoms with Crippen LogP contribution in [0.3, 0.4) is 0 Å². The minimum absolute atomic E-state index is 0.00859. The summed E-state index contributed by atoms with van der Waals surface area (Å²) in [6.07, 6.45) is 0.265. The Hall–Kier alpha value is -2.54. The number of hydrogen-bond acceptors (Lipinski definition) is 3. The number of likely N-dealkylation sites (N-methyl/N-ethyl adjacent to an activating group) is 1. The number of amides is 3. The molecule has 1 aliphatic rings. The summed E-state index contributed by atoms with van der Waals surface area (Å²) in [4.78, 5) is 26.3. The summed E-state index contributed by atoms with van der Waals surface area (Å²) in [7, 11) is 3.41. The second kappa shape index (κ2) is 8.43. The van der Waals surface area contributed by atoms with Gasteiger partial charge in [0.05, 0.1) is 7.11 Å². The number of nitrogens with one attached hydrogen (secondary N) is 2. The SMILES string of the molecule is COc1ccc([C@@H]2CN(C)C(=O)C[C@H]2NC(=O)Nc2ccc(Br)cc2)cc1. The van der Waals surface area contributed by atoms with Gasteiger partial charge in [-0.15, -0.1) is 0 Å². The molecule has 2 aromatic carbocycles. The van der Waals surface area contributed by atoms with Crippen LogP contribution in [0, 0.1) is 0 Å². The van der Waals surface area contributed by atoms with Crippen LogP contribution in [0.2, 0.25) is 0 Å². The number of methoxy groups -OCH3 is 1. The number of hydrogen-bond donors (Lipinski definition) is 2. The molecule has 0 aliphatic carbocycles. The zero-order valence-corrected chi connectivity index (χ0v) is 16.8. The fourth-order valence-corrected chi connectivity index (χ4v) is 3.48. The highest BCUT2D eigenvalue weighted by Crippen LogP contribution is 2.29. The molecule has 0 aromatic heterocycles. The van der Waals surface area contributed by atoms with Crippen molar-refractivity contribution < 1.29 is 14.3 Å². The van der Waals surface area contributed by atoms with Crippen LogP contribution in [0.15, 0.2) is 53.0 Å². The summed E-state index contributed by atoms with van der Waals surface area (Å²) in [5.41, 5.74) is 1.75. The van der Waals surface area contributed by atoms with Gasteiger partial charge in [-0.2, -0.15) is 0 Å². The molecule has 6 nitrogen and oxygen atoms in total. The van der Waals surface area contributed by atoms with E-state index in [-0.39, 0.29) is 30.3 Å². The topological polar surface area (TPSA) is 70.7 Å². The average Bonchev–Trinajstić information content (AvgIpc) is 2.66. The maximum atomic E-state index is 12.5. The van der Waals surface area contributed by atoms with Gasteiger partial charge in [-0.25, -0.2) is 4.79 Å². The summed E-state index contributed by atoms with van der Waals surface area (Å²) >= 11 is 3.37. The van der Waals surface area contributed by atoms with Gasteiger partial charge in [0.2, 0.25) is 5.91 Å². The summed E-state index contributed by atoms with van der Waals surface area (Å²) in [5, 5.41) is 5.79. The minimum Gasteiger partial charge on any atom is -0.497 e. The van der Waals surface area contributed by atoms with Crippen LogP contribution in [0.4, 0.5) is 10.5 Å². The molecular weight excluding hydrogens is 410 g/mol. The highest BCUT2D eigenvalue weighted by Gasteiger charge is 2.34. The molecule has 2 aromatic rings. The first kappa shape index (κ1) is 19.2. The number of rotatable bonds is 4. The van der Waals surface area contributed by atoms with Crippen LogP contribution in [-0.2, 0) is 4.79 Å². The summed E-state index contributed by atoms with van der Waals surface area (Å²) in [5.74, 6) is 0.805. The van der Waals surface area contributed by atoms with Gasteiger partial charge in [0.1, 0.15) is 5.75 Å². The maximum absolute atomic E-state index is 12.5. The molecule has 3 rings (SSSR count). The molecule has 0 spiro atoms. The molecule has 1 aliphatic heterocycles. The van der Waals surface area contributed by atoms with E-state index in [2.05, 4.69) is 26.6 Å². The number of carbonyl (C=O) groups is 2. The van der Waals surface area contributed by atoms with Crippen LogP contribution in [0.25, 0.3) is 0 Å². The molecule has 1 saturated heterocycles. The molecule has 0 bridgehead atoms. The first-order valence-corrected chi connectivity index (χ1v) is 9.46. The van der Waals surface area contributed by atoms with Gasteiger partial charge in [0.25, 0.3) is 0 Å². The third-order valence-corrected chi connectivity index (χ3v) is 5.27. The normalized spacial score (nSPS) is 19.5. The molecule has 27 heavy (non-hydrogen) atoms. The highest BCUT2D eigenvalue weighted by atomic mass is 79.9. The van der Waals surface area contributed by atoms with E-state index >= 15 is 0 Å². The first-order valence-electron chi connectivity index (χ1n) is 8.67. The standard InChI is InChI=1S/C20H22BrN3O3/c1-24-12-17(13-3-9-16(27-2)10-4-13)18(11-19(24)25)23-20(26)22-15-7-5-14(21)6-8-15/h3-10,17-18H,11-12H2,1-2H3,(H2,22,23,26)/t17-,18+/m0/s1. The second-order valence-corrected chi connectivity index (χ2v) is 7.49. The van der Waals surface area contributed by atoms with Gasteiger partial charge in [0.15, 0.2) is 0 Å². The van der Waals surface area contributed by atoms with E-state index in [4.69, 9.17) is 4.74 Å². The molecular formula is C20H22BrN3O3. The highest BCUT2D eigenvalue weighted by molar-refractivity contribution is 9.10. The molecule has 0 unspecified atom stereocenters. The number of carbonyl (C=O) groups excluding carboxylic acids is 2. The van der Waals surface area contributed by atoms with Crippen LogP contribution in [-0.4, -0.2) is 43.6 Å². The smallest absolute Gasteiger partial charge is 0.319 e. The Bertz CT molecular complexity index is 808. The van der Waals surface area contributed by atoms with Gasteiger partial charge < -0.3 is 20.3 Å². The average molecular weight is 432 g/mol. The number of piperidine rings is 1. The maximum Gasteiger partial charge on any atom is 0.319 e. The van der Waals surface area contributed by atoms with Gasteiger partial charge >= 0.3 is 6.03 Å². The lowest BCUT2D eigenvalue weighted by atomic mass is 9.86. The van der Waals surface area contributed by atoms with Crippen LogP contribution in [0.1, 0.15) is 17.9 Å². The number of anilines is 1. The minimum atomic E-state index is -0.321. The van der Waals surface area contributed by atoms with E-state index in [1.165, 1.54) is 0 Å². The van der Waals surface area contributed by atoms with Gasteiger partial charge in [0, 0.05) is 42.1 Å². The zero-order valence-electron chi connectivity index (χ0n) is 15.2. The Labute approximate surface area is 167 Å². The molecule has 1 heterocycles. The Morgan fingerprint density at radius 2 is 1.81 bits per heavy atom. The number of halogens is 1. The quantitative estimate of drug-likeness (QED) is 0.776. The monoisotopic (exact) mass is 431 g/mol. The van der Waals surface area contributed by atoms with Crippen LogP contribution < -0.4 is 15.4 Å². The largest absolute Gasteiger partial charge is 0.497 e. The summed E-state index contributed by atoms with van der Waals surface area (Å²) in [6.45, 7) is 0.550. The van der Waals surface area contributed by atoms with E-state index in [1.807, 2.05) is 48.5 Å². The van der Waals surface area contributed by atoms with Crippen molar-refractivity contribution in [1.29, 1.82) is 0 Å².